The molecule has 144 valence electrons. The number of carbonyl (C=O) groups is 1. The van der Waals surface area contributed by atoms with Crippen molar-refractivity contribution in [3.63, 3.8) is 0 Å². The van der Waals surface area contributed by atoms with Gasteiger partial charge in [-0.3, -0.25) is 4.79 Å². The minimum Gasteiger partial charge on any atom is -0.478 e. The molecule has 28 heavy (non-hydrogen) atoms. The van der Waals surface area contributed by atoms with E-state index in [0.29, 0.717) is 22.2 Å². The van der Waals surface area contributed by atoms with Crippen molar-refractivity contribution < 1.29 is 14.3 Å². The van der Waals surface area contributed by atoms with E-state index >= 15 is 0 Å². The van der Waals surface area contributed by atoms with Crippen LogP contribution in [0.25, 0.3) is 0 Å². The highest BCUT2D eigenvalue weighted by Crippen LogP contribution is 2.25. The Morgan fingerprint density at radius 2 is 1.32 bits per heavy atom. The van der Waals surface area contributed by atoms with Crippen molar-refractivity contribution in [1.29, 1.82) is 0 Å². The van der Waals surface area contributed by atoms with Gasteiger partial charge in [0.15, 0.2) is 5.60 Å². The lowest BCUT2D eigenvalue weighted by molar-refractivity contribution is -0.128. The third kappa shape index (κ3) is 5.27. The van der Waals surface area contributed by atoms with E-state index in [4.69, 9.17) is 21.1 Å². The molecule has 5 heteroatoms. The van der Waals surface area contributed by atoms with Gasteiger partial charge in [0.25, 0.3) is 5.91 Å². The normalized spacial score (nSPS) is 11.0. The van der Waals surface area contributed by atoms with Crippen molar-refractivity contribution in [2.24, 2.45) is 0 Å². The number of rotatable bonds is 6. The van der Waals surface area contributed by atoms with Crippen LogP contribution in [0.2, 0.25) is 5.02 Å². The summed E-state index contributed by atoms with van der Waals surface area (Å²) in [4.78, 5) is 12.6. The zero-order chi connectivity index (χ0) is 20.1. The van der Waals surface area contributed by atoms with Gasteiger partial charge in [-0.1, -0.05) is 29.3 Å². The number of carbonyl (C=O) groups excluding carboxylic acids is 1. The van der Waals surface area contributed by atoms with Crippen LogP contribution in [-0.2, 0) is 4.79 Å². The van der Waals surface area contributed by atoms with Gasteiger partial charge in [0.2, 0.25) is 0 Å². The highest BCUT2D eigenvalue weighted by Gasteiger charge is 2.30. The fraction of sp³-hybridized carbons (Fsp3) is 0.174. The van der Waals surface area contributed by atoms with Crippen LogP contribution in [0.15, 0.2) is 72.8 Å². The number of benzene rings is 3. The summed E-state index contributed by atoms with van der Waals surface area (Å²) in [6, 6.07) is 21.9. The highest BCUT2D eigenvalue weighted by molar-refractivity contribution is 6.30. The number of amides is 1. The first-order chi connectivity index (χ1) is 13.3. The molecule has 0 atom stereocenters. The fourth-order valence-corrected chi connectivity index (χ4v) is 2.60. The predicted molar refractivity (Wildman–Crippen MR) is 112 cm³/mol. The maximum atomic E-state index is 12.6. The molecule has 3 aromatic rings. The summed E-state index contributed by atoms with van der Waals surface area (Å²) in [6.45, 7) is 5.46. The van der Waals surface area contributed by atoms with Gasteiger partial charge in [-0.25, -0.2) is 0 Å². The molecule has 3 rings (SSSR count). The molecule has 0 spiro atoms. The van der Waals surface area contributed by atoms with Gasteiger partial charge in [-0.15, -0.1) is 0 Å². The lowest BCUT2D eigenvalue weighted by Gasteiger charge is -2.25. The summed E-state index contributed by atoms with van der Waals surface area (Å²) in [5, 5.41) is 3.48. The first-order valence-electron chi connectivity index (χ1n) is 8.92. The number of aryl methyl sites for hydroxylation is 1. The number of hydrogen-bond acceptors (Lipinski definition) is 3. The molecule has 0 fully saturated rings. The zero-order valence-corrected chi connectivity index (χ0v) is 16.8. The van der Waals surface area contributed by atoms with Crippen molar-refractivity contribution in [3.05, 3.63) is 83.4 Å². The average molecular weight is 396 g/mol. The lowest BCUT2D eigenvalue weighted by atomic mass is 10.1. The monoisotopic (exact) mass is 395 g/mol. The molecule has 1 N–H and O–H groups in total. The minimum absolute atomic E-state index is 0.255. The second-order valence-corrected chi connectivity index (χ2v) is 7.40. The van der Waals surface area contributed by atoms with Gasteiger partial charge in [0, 0.05) is 10.7 Å². The van der Waals surface area contributed by atoms with E-state index in [-0.39, 0.29) is 5.91 Å². The second-order valence-electron chi connectivity index (χ2n) is 6.96. The molecule has 0 aliphatic carbocycles. The molecule has 0 radical (unpaired) electrons. The molecule has 3 aromatic carbocycles. The maximum absolute atomic E-state index is 12.6. The Labute approximate surface area is 170 Å². The van der Waals surface area contributed by atoms with Crippen LogP contribution in [0.4, 0.5) is 5.69 Å². The minimum atomic E-state index is -1.05. The molecule has 0 saturated carbocycles. The zero-order valence-electron chi connectivity index (χ0n) is 16.0. The van der Waals surface area contributed by atoms with Gasteiger partial charge < -0.3 is 14.8 Å². The Balaban J connectivity index is 1.61. The molecule has 0 unspecified atom stereocenters. The summed E-state index contributed by atoms with van der Waals surface area (Å²) in [5.41, 5.74) is 0.785. The topological polar surface area (TPSA) is 47.6 Å². The molecule has 0 bridgehead atoms. The maximum Gasteiger partial charge on any atom is 0.267 e. The Morgan fingerprint density at radius 1 is 0.821 bits per heavy atom. The van der Waals surface area contributed by atoms with E-state index in [9.17, 15) is 4.79 Å². The third-order valence-corrected chi connectivity index (χ3v) is 4.35. The van der Waals surface area contributed by atoms with Crippen molar-refractivity contribution in [1.82, 2.24) is 0 Å². The van der Waals surface area contributed by atoms with Crippen molar-refractivity contribution in [2.75, 3.05) is 5.32 Å². The lowest BCUT2D eigenvalue weighted by Crippen LogP contribution is -2.42. The molecule has 4 nitrogen and oxygen atoms in total. The summed E-state index contributed by atoms with van der Waals surface area (Å²) < 4.78 is 11.6. The standard InChI is InChI=1S/C23H22ClNO3/c1-16-4-10-19(11-5-16)27-20-14-8-18(9-15-20)25-22(26)23(2,3)28-21-12-6-17(24)7-13-21/h4-15H,1-3H3,(H,25,26). The third-order valence-electron chi connectivity index (χ3n) is 4.10. The molecular formula is C23H22ClNO3. The van der Waals surface area contributed by atoms with Crippen molar-refractivity contribution in [2.45, 2.75) is 26.4 Å². The van der Waals surface area contributed by atoms with Crippen molar-refractivity contribution in [3.8, 4) is 17.2 Å². The largest absolute Gasteiger partial charge is 0.478 e. The van der Waals surface area contributed by atoms with E-state index in [2.05, 4.69) is 5.32 Å². The predicted octanol–water partition coefficient (Wildman–Crippen LogP) is 6.24. The van der Waals surface area contributed by atoms with Crippen LogP contribution in [0.1, 0.15) is 19.4 Å². The van der Waals surface area contributed by atoms with Gasteiger partial charge in [-0.2, -0.15) is 0 Å². The Bertz CT molecular complexity index is 933. The van der Waals surface area contributed by atoms with Gasteiger partial charge >= 0.3 is 0 Å². The van der Waals surface area contributed by atoms with Crippen LogP contribution >= 0.6 is 11.6 Å². The number of hydrogen-bond donors (Lipinski definition) is 1. The summed E-state index contributed by atoms with van der Waals surface area (Å²) >= 11 is 5.88. The average Bonchev–Trinajstić information content (AvgIpc) is 2.67. The van der Waals surface area contributed by atoms with Gasteiger partial charge in [0.05, 0.1) is 0 Å². The van der Waals surface area contributed by atoms with Crippen LogP contribution < -0.4 is 14.8 Å². The molecule has 0 aliphatic heterocycles. The fourth-order valence-electron chi connectivity index (χ4n) is 2.47. The first kappa shape index (κ1) is 19.8. The van der Waals surface area contributed by atoms with Crippen LogP contribution in [-0.4, -0.2) is 11.5 Å². The van der Waals surface area contributed by atoms with E-state index in [1.165, 1.54) is 5.56 Å². The number of halogens is 1. The molecule has 0 heterocycles. The SMILES string of the molecule is Cc1ccc(Oc2ccc(NC(=O)C(C)(C)Oc3ccc(Cl)cc3)cc2)cc1. The Hall–Kier alpha value is -2.98. The van der Waals surface area contributed by atoms with Gasteiger partial charge in [-0.05, 0) is 81.4 Å². The molecule has 1 amide bonds. The van der Waals surface area contributed by atoms with E-state index in [0.717, 1.165) is 5.75 Å². The Kier molecular flexibility index (Phi) is 5.90. The van der Waals surface area contributed by atoms with Crippen LogP contribution in [0.5, 0.6) is 17.2 Å². The number of ether oxygens (including phenoxy) is 2. The van der Waals surface area contributed by atoms with E-state index in [1.54, 1.807) is 50.2 Å². The summed E-state index contributed by atoms with van der Waals surface area (Å²) in [7, 11) is 0. The van der Waals surface area contributed by atoms with Crippen molar-refractivity contribution >= 4 is 23.2 Å². The smallest absolute Gasteiger partial charge is 0.267 e. The highest BCUT2D eigenvalue weighted by atomic mass is 35.5. The molecule has 0 aromatic heterocycles. The summed E-state index contributed by atoms with van der Waals surface area (Å²) in [5.74, 6) is 1.78. The van der Waals surface area contributed by atoms with E-state index < -0.39 is 5.60 Å². The molecular weight excluding hydrogens is 374 g/mol. The number of nitrogens with one attached hydrogen (secondary N) is 1. The van der Waals surface area contributed by atoms with Crippen LogP contribution in [0, 0.1) is 6.92 Å². The second kappa shape index (κ2) is 8.36. The quantitative estimate of drug-likeness (QED) is 0.537. The summed E-state index contributed by atoms with van der Waals surface area (Å²) in [6.07, 6.45) is 0. The van der Waals surface area contributed by atoms with Gasteiger partial charge in [0.1, 0.15) is 17.2 Å². The first-order valence-corrected chi connectivity index (χ1v) is 9.30. The Morgan fingerprint density at radius 3 is 1.89 bits per heavy atom. The molecule has 0 saturated heterocycles. The van der Waals surface area contributed by atoms with E-state index in [1.807, 2.05) is 43.3 Å². The van der Waals surface area contributed by atoms with Crippen LogP contribution in [0.3, 0.4) is 0 Å². The number of anilines is 1. The molecule has 0 aliphatic rings.